The van der Waals surface area contributed by atoms with Gasteiger partial charge in [0.05, 0.1) is 5.02 Å². The molecule has 4 nitrogen and oxygen atoms in total. The second-order valence-corrected chi connectivity index (χ2v) is 2.53. The van der Waals surface area contributed by atoms with E-state index < -0.39 is 12.3 Å². The highest BCUT2D eigenvalue weighted by atomic mass is 35.5. The first kappa shape index (κ1) is 8.52. The third kappa shape index (κ3) is 1.71. The van der Waals surface area contributed by atoms with Crippen LogP contribution >= 0.6 is 23.2 Å². The molecule has 0 fully saturated rings. The molecule has 0 aliphatic carbocycles. The van der Waals surface area contributed by atoms with Crippen LogP contribution in [0, 0.1) is 0 Å². The van der Waals surface area contributed by atoms with Gasteiger partial charge in [0.2, 0.25) is 0 Å². The molecule has 0 bridgehead atoms. The standard InChI is InChI=1S/C5H4Cl2N2O2/c6-3-1-4(11)9(2-10)8-5(3)7/h1,10H,2H2. The van der Waals surface area contributed by atoms with Gasteiger partial charge in [-0.15, -0.1) is 0 Å². The number of aliphatic hydroxyl groups excluding tert-OH is 1. The number of aliphatic hydroxyl groups is 1. The minimum Gasteiger partial charge on any atom is -0.374 e. The largest absolute Gasteiger partial charge is 0.374 e. The van der Waals surface area contributed by atoms with Gasteiger partial charge in [-0.2, -0.15) is 5.10 Å². The van der Waals surface area contributed by atoms with Gasteiger partial charge in [-0.05, 0) is 0 Å². The molecule has 1 heterocycles. The molecule has 0 aliphatic heterocycles. The smallest absolute Gasteiger partial charge is 0.270 e. The van der Waals surface area contributed by atoms with Crippen LogP contribution in [0.4, 0.5) is 0 Å². The molecule has 1 rings (SSSR count). The van der Waals surface area contributed by atoms with Crippen LogP contribution in [0.15, 0.2) is 10.9 Å². The highest BCUT2D eigenvalue weighted by Gasteiger charge is 2.02. The summed E-state index contributed by atoms with van der Waals surface area (Å²) in [6.45, 7) is -0.504. The molecule has 0 atom stereocenters. The zero-order valence-corrected chi connectivity index (χ0v) is 6.80. The highest BCUT2D eigenvalue weighted by Crippen LogP contribution is 2.14. The predicted molar refractivity (Wildman–Crippen MR) is 40.7 cm³/mol. The number of nitrogens with zero attached hydrogens (tertiary/aromatic N) is 2. The fourth-order valence-corrected chi connectivity index (χ4v) is 0.824. The van der Waals surface area contributed by atoms with Gasteiger partial charge in [0.25, 0.3) is 5.56 Å². The average Bonchev–Trinajstić information content (AvgIpc) is 1.97. The van der Waals surface area contributed by atoms with Gasteiger partial charge in [0.1, 0.15) is 6.73 Å². The Hall–Kier alpha value is -0.580. The van der Waals surface area contributed by atoms with E-state index in [0.717, 1.165) is 10.7 Å². The Bertz CT molecular complexity index is 323. The van der Waals surface area contributed by atoms with Crippen LogP contribution in [-0.4, -0.2) is 14.9 Å². The molecule has 1 aromatic rings. The molecule has 60 valence electrons. The van der Waals surface area contributed by atoms with E-state index in [4.69, 9.17) is 28.3 Å². The van der Waals surface area contributed by atoms with Crippen molar-refractivity contribution in [3.63, 3.8) is 0 Å². The molecular formula is C5H4Cl2N2O2. The summed E-state index contributed by atoms with van der Waals surface area (Å²) >= 11 is 10.9. The monoisotopic (exact) mass is 194 g/mol. The summed E-state index contributed by atoms with van der Waals surface area (Å²) in [6, 6.07) is 1.09. The normalized spacial score (nSPS) is 10.1. The molecule has 11 heavy (non-hydrogen) atoms. The first-order chi connectivity index (χ1) is 5.15. The maximum absolute atomic E-state index is 10.8. The third-order valence-corrected chi connectivity index (χ3v) is 1.71. The Morgan fingerprint density at radius 2 is 2.27 bits per heavy atom. The van der Waals surface area contributed by atoms with E-state index in [1.807, 2.05) is 0 Å². The van der Waals surface area contributed by atoms with Crippen LogP contribution in [0.5, 0.6) is 0 Å². The Labute approximate surface area is 72.0 Å². The Morgan fingerprint density at radius 3 is 2.82 bits per heavy atom. The number of halogens is 2. The number of aromatic nitrogens is 2. The van der Waals surface area contributed by atoms with E-state index in [0.29, 0.717) is 0 Å². The topological polar surface area (TPSA) is 55.1 Å². The van der Waals surface area contributed by atoms with Crippen LogP contribution < -0.4 is 5.56 Å². The quantitative estimate of drug-likeness (QED) is 0.709. The minimum absolute atomic E-state index is 0.000293. The van der Waals surface area contributed by atoms with Crippen molar-refractivity contribution in [3.8, 4) is 0 Å². The molecule has 0 unspecified atom stereocenters. The molecule has 0 spiro atoms. The van der Waals surface area contributed by atoms with Gasteiger partial charge < -0.3 is 5.11 Å². The zero-order valence-electron chi connectivity index (χ0n) is 5.29. The Balaban J connectivity index is 3.32. The molecule has 0 saturated heterocycles. The van der Waals surface area contributed by atoms with Crippen molar-refractivity contribution in [1.29, 1.82) is 0 Å². The van der Waals surface area contributed by atoms with E-state index in [1.54, 1.807) is 0 Å². The first-order valence-electron chi connectivity index (χ1n) is 2.69. The lowest BCUT2D eigenvalue weighted by molar-refractivity contribution is 0.189. The van der Waals surface area contributed by atoms with Crippen molar-refractivity contribution >= 4 is 23.2 Å². The number of hydrogen-bond donors (Lipinski definition) is 1. The van der Waals surface area contributed by atoms with Crippen LogP contribution in [0.25, 0.3) is 0 Å². The predicted octanol–water partition coefficient (Wildman–Crippen LogP) is 0.500. The van der Waals surface area contributed by atoms with Crippen molar-refractivity contribution in [2.75, 3.05) is 0 Å². The fraction of sp³-hybridized carbons (Fsp3) is 0.200. The molecule has 0 aliphatic rings. The van der Waals surface area contributed by atoms with Crippen LogP contribution in [0.1, 0.15) is 0 Å². The summed E-state index contributed by atoms with van der Waals surface area (Å²) < 4.78 is 0.800. The second-order valence-electron chi connectivity index (χ2n) is 1.76. The van der Waals surface area contributed by atoms with Gasteiger partial charge in [0, 0.05) is 6.07 Å². The van der Waals surface area contributed by atoms with E-state index >= 15 is 0 Å². The van der Waals surface area contributed by atoms with E-state index in [2.05, 4.69) is 5.10 Å². The molecule has 1 aromatic heterocycles. The fourth-order valence-electron chi connectivity index (χ4n) is 0.547. The van der Waals surface area contributed by atoms with Crippen molar-refractivity contribution in [2.24, 2.45) is 0 Å². The molecule has 0 amide bonds. The second kappa shape index (κ2) is 3.21. The van der Waals surface area contributed by atoms with Gasteiger partial charge >= 0.3 is 0 Å². The maximum atomic E-state index is 10.8. The average molecular weight is 195 g/mol. The molecular weight excluding hydrogens is 191 g/mol. The van der Waals surface area contributed by atoms with Crippen molar-refractivity contribution < 1.29 is 5.11 Å². The van der Waals surface area contributed by atoms with Crippen LogP contribution in [-0.2, 0) is 6.73 Å². The number of hydrogen-bond acceptors (Lipinski definition) is 3. The molecule has 0 radical (unpaired) electrons. The van der Waals surface area contributed by atoms with E-state index in [1.165, 1.54) is 0 Å². The third-order valence-electron chi connectivity index (χ3n) is 1.04. The van der Waals surface area contributed by atoms with Crippen LogP contribution in [0.3, 0.4) is 0 Å². The Morgan fingerprint density at radius 1 is 1.64 bits per heavy atom. The lowest BCUT2D eigenvalue weighted by atomic mass is 10.6. The lowest BCUT2D eigenvalue weighted by Crippen LogP contribution is -2.21. The van der Waals surface area contributed by atoms with E-state index in [9.17, 15) is 4.79 Å². The van der Waals surface area contributed by atoms with Crippen molar-refractivity contribution in [1.82, 2.24) is 9.78 Å². The van der Waals surface area contributed by atoms with Crippen molar-refractivity contribution in [2.45, 2.75) is 6.73 Å². The summed E-state index contributed by atoms with van der Waals surface area (Å²) in [5, 5.41) is 12.1. The SMILES string of the molecule is O=c1cc(Cl)c(Cl)nn1CO. The van der Waals surface area contributed by atoms with E-state index in [-0.39, 0.29) is 10.2 Å². The van der Waals surface area contributed by atoms with Gasteiger partial charge in [-0.1, -0.05) is 23.2 Å². The lowest BCUT2D eigenvalue weighted by Gasteiger charge is -1.99. The highest BCUT2D eigenvalue weighted by molar-refractivity contribution is 6.41. The first-order valence-corrected chi connectivity index (χ1v) is 3.45. The molecule has 0 aromatic carbocycles. The summed E-state index contributed by atoms with van der Waals surface area (Å²) in [5.41, 5.74) is -0.484. The summed E-state index contributed by atoms with van der Waals surface area (Å²) in [6.07, 6.45) is 0. The van der Waals surface area contributed by atoms with Gasteiger partial charge in [0.15, 0.2) is 5.15 Å². The molecule has 6 heteroatoms. The minimum atomic E-state index is -0.504. The maximum Gasteiger partial charge on any atom is 0.270 e. The zero-order chi connectivity index (χ0) is 8.43. The summed E-state index contributed by atoms with van der Waals surface area (Å²) in [4.78, 5) is 10.8. The van der Waals surface area contributed by atoms with Gasteiger partial charge in [-0.3, -0.25) is 4.79 Å². The molecule has 0 saturated carbocycles. The molecule has 1 N–H and O–H groups in total. The summed E-state index contributed by atoms with van der Waals surface area (Å²) in [7, 11) is 0. The summed E-state index contributed by atoms with van der Waals surface area (Å²) in [5.74, 6) is 0. The van der Waals surface area contributed by atoms with Crippen molar-refractivity contribution in [3.05, 3.63) is 26.6 Å². The van der Waals surface area contributed by atoms with Crippen LogP contribution in [0.2, 0.25) is 10.2 Å². The van der Waals surface area contributed by atoms with Gasteiger partial charge in [-0.25, -0.2) is 4.68 Å². The Kier molecular flexibility index (Phi) is 2.49. The number of rotatable bonds is 1.